The highest BCUT2D eigenvalue weighted by molar-refractivity contribution is 7.89. The summed E-state index contributed by atoms with van der Waals surface area (Å²) in [6, 6.07) is 11.2. The Bertz CT molecular complexity index is 1000. The molecule has 0 spiro atoms. The molecule has 0 unspecified atom stereocenters. The molecule has 2 aromatic rings. The molecule has 1 amide bonds. The fraction of sp³-hybridized carbons (Fsp3) is 0.381. The van der Waals surface area contributed by atoms with Gasteiger partial charge in [0, 0.05) is 20.2 Å². The first kappa shape index (κ1) is 23.0. The molecule has 1 aliphatic rings. The fourth-order valence-corrected chi connectivity index (χ4v) is 4.52. The Morgan fingerprint density at radius 2 is 1.81 bits per heavy atom. The number of methoxy groups -OCH3 is 2. The van der Waals surface area contributed by atoms with E-state index in [1.165, 1.54) is 29.6 Å². The van der Waals surface area contributed by atoms with Gasteiger partial charge in [-0.15, -0.1) is 0 Å². The van der Waals surface area contributed by atoms with Crippen LogP contribution in [0.4, 0.5) is 5.69 Å². The van der Waals surface area contributed by atoms with E-state index < -0.39 is 15.9 Å². The number of nitrogens with zero attached hydrogens (tertiary/aromatic N) is 1. The van der Waals surface area contributed by atoms with E-state index >= 15 is 0 Å². The molecule has 2 aromatic carbocycles. The molecule has 31 heavy (non-hydrogen) atoms. The lowest BCUT2D eigenvalue weighted by Gasteiger charge is -2.26. The molecule has 0 radical (unpaired) electrons. The maximum atomic E-state index is 13.0. The molecule has 1 fully saturated rings. The fourth-order valence-electron chi connectivity index (χ4n) is 3.09. The number of para-hydroxylation sites is 1. The summed E-state index contributed by atoms with van der Waals surface area (Å²) in [4.78, 5) is 13.0. The van der Waals surface area contributed by atoms with E-state index in [0.29, 0.717) is 36.9 Å². The Kier molecular flexibility index (Phi) is 7.85. The first-order valence-corrected chi connectivity index (χ1v) is 11.2. The number of anilines is 1. The lowest BCUT2D eigenvalue weighted by Crippen LogP contribution is -2.40. The molecule has 1 N–H and O–H groups in total. The van der Waals surface area contributed by atoms with Crippen molar-refractivity contribution in [3.63, 3.8) is 0 Å². The molecule has 3 rings (SSSR count). The van der Waals surface area contributed by atoms with Gasteiger partial charge in [0.05, 0.1) is 43.1 Å². The van der Waals surface area contributed by atoms with Crippen molar-refractivity contribution in [1.29, 1.82) is 0 Å². The summed E-state index contributed by atoms with van der Waals surface area (Å²) in [7, 11) is -0.716. The summed E-state index contributed by atoms with van der Waals surface area (Å²) in [6.45, 7) is 1.92. The second-order valence-corrected chi connectivity index (χ2v) is 8.61. The van der Waals surface area contributed by atoms with Crippen LogP contribution in [0.2, 0.25) is 0 Å². The van der Waals surface area contributed by atoms with Crippen LogP contribution in [0, 0.1) is 0 Å². The summed E-state index contributed by atoms with van der Waals surface area (Å²) in [5.41, 5.74) is 0.552. The summed E-state index contributed by atoms with van der Waals surface area (Å²) < 4.78 is 48.5. The zero-order valence-electron chi connectivity index (χ0n) is 17.5. The van der Waals surface area contributed by atoms with Gasteiger partial charge in [-0.1, -0.05) is 12.1 Å². The summed E-state index contributed by atoms with van der Waals surface area (Å²) in [5, 5.41) is 2.74. The third-order valence-corrected chi connectivity index (χ3v) is 6.60. The van der Waals surface area contributed by atoms with E-state index in [2.05, 4.69) is 5.32 Å². The Balaban J connectivity index is 1.86. The standard InChI is InChI=1S/C21H26N2O7S/c1-27-13-14-30-19-6-4-3-5-17(19)21(24)22-18-15-16(7-8-20(18)28-2)31(25,26)23-9-11-29-12-10-23/h3-8,15H,9-14H2,1-2H3,(H,22,24). The van der Waals surface area contributed by atoms with Gasteiger partial charge in [-0.2, -0.15) is 4.31 Å². The first-order valence-electron chi connectivity index (χ1n) is 9.75. The van der Waals surface area contributed by atoms with E-state index in [1.54, 1.807) is 31.4 Å². The van der Waals surface area contributed by atoms with Crippen molar-refractivity contribution in [2.75, 3.05) is 59.1 Å². The van der Waals surface area contributed by atoms with Crippen molar-refractivity contribution < 1.29 is 32.2 Å². The van der Waals surface area contributed by atoms with Gasteiger partial charge >= 0.3 is 0 Å². The van der Waals surface area contributed by atoms with Gasteiger partial charge in [0.15, 0.2) is 0 Å². The van der Waals surface area contributed by atoms with Gasteiger partial charge in [-0.3, -0.25) is 4.79 Å². The second-order valence-electron chi connectivity index (χ2n) is 6.67. The normalized spacial score (nSPS) is 14.8. The lowest BCUT2D eigenvalue weighted by molar-refractivity contribution is 0.0730. The minimum atomic E-state index is -3.73. The van der Waals surface area contributed by atoms with Gasteiger partial charge in [-0.25, -0.2) is 8.42 Å². The van der Waals surface area contributed by atoms with Crippen molar-refractivity contribution in [3.05, 3.63) is 48.0 Å². The SMILES string of the molecule is COCCOc1ccccc1C(=O)Nc1cc(S(=O)(=O)N2CCOCC2)ccc1OC. The first-order chi connectivity index (χ1) is 15.0. The maximum absolute atomic E-state index is 13.0. The second kappa shape index (κ2) is 10.6. The van der Waals surface area contributed by atoms with Crippen molar-refractivity contribution in [3.8, 4) is 11.5 Å². The van der Waals surface area contributed by atoms with Crippen LogP contribution in [0.25, 0.3) is 0 Å². The largest absolute Gasteiger partial charge is 0.495 e. The molecule has 10 heteroatoms. The molecule has 0 atom stereocenters. The summed E-state index contributed by atoms with van der Waals surface area (Å²) in [6.07, 6.45) is 0. The highest BCUT2D eigenvalue weighted by atomic mass is 32.2. The molecular weight excluding hydrogens is 424 g/mol. The van der Waals surface area contributed by atoms with E-state index in [1.807, 2.05) is 0 Å². The lowest BCUT2D eigenvalue weighted by atomic mass is 10.1. The van der Waals surface area contributed by atoms with Gasteiger partial charge in [0.25, 0.3) is 5.91 Å². The van der Waals surface area contributed by atoms with Crippen LogP contribution in [0.5, 0.6) is 11.5 Å². The quantitative estimate of drug-likeness (QED) is 0.583. The van der Waals surface area contributed by atoms with Crippen LogP contribution in [-0.4, -0.2) is 72.4 Å². The number of amides is 1. The van der Waals surface area contributed by atoms with Crippen LogP contribution < -0.4 is 14.8 Å². The minimum absolute atomic E-state index is 0.0649. The number of rotatable bonds is 9. The van der Waals surface area contributed by atoms with Crippen LogP contribution in [-0.2, 0) is 19.5 Å². The highest BCUT2D eigenvalue weighted by Crippen LogP contribution is 2.30. The molecular formula is C21H26N2O7S. The number of morpholine rings is 1. The molecule has 1 heterocycles. The van der Waals surface area contributed by atoms with Crippen LogP contribution in [0.3, 0.4) is 0 Å². The van der Waals surface area contributed by atoms with Gasteiger partial charge in [0.1, 0.15) is 18.1 Å². The Morgan fingerprint density at radius 3 is 2.52 bits per heavy atom. The monoisotopic (exact) mass is 450 g/mol. The zero-order valence-corrected chi connectivity index (χ0v) is 18.3. The number of carbonyl (C=O) groups is 1. The Labute approximate surface area is 181 Å². The van der Waals surface area contributed by atoms with Crippen molar-refractivity contribution in [1.82, 2.24) is 4.31 Å². The molecule has 0 saturated carbocycles. The van der Waals surface area contributed by atoms with Gasteiger partial charge in [-0.05, 0) is 30.3 Å². The van der Waals surface area contributed by atoms with Crippen molar-refractivity contribution in [2.45, 2.75) is 4.90 Å². The Morgan fingerprint density at radius 1 is 1.06 bits per heavy atom. The third kappa shape index (κ3) is 5.53. The smallest absolute Gasteiger partial charge is 0.259 e. The van der Waals surface area contributed by atoms with Gasteiger partial charge < -0.3 is 24.3 Å². The number of benzene rings is 2. The molecule has 0 aromatic heterocycles. The summed E-state index contributed by atoms with van der Waals surface area (Å²) >= 11 is 0. The molecule has 1 aliphatic heterocycles. The van der Waals surface area contributed by atoms with Crippen molar-refractivity contribution in [2.24, 2.45) is 0 Å². The highest BCUT2D eigenvalue weighted by Gasteiger charge is 2.27. The third-order valence-electron chi connectivity index (χ3n) is 4.70. The molecule has 0 bridgehead atoms. The Hall–Kier alpha value is -2.66. The van der Waals surface area contributed by atoms with Crippen molar-refractivity contribution >= 4 is 21.6 Å². The average molecular weight is 451 g/mol. The number of hydrogen-bond donors (Lipinski definition) is 1. The number of nitrogens with one attached hydrogen (secondary N) is 1. The van der Waals surface area contributed by atoms with E-state index in [0.717, 1.165) is 0 Å². The van der Waals surface area contributed by atoms with E-state index in [-0.39, 0.29) is 30.3 Å². The van der Waals surface area contributed by atoms with Crippen LogP contribution >= 0.6 is 0 Å². The molecule has 1 saturated heterocycles. The maximum Gasteiger partial charge on any atom is 0.259 e. The minimum Gasteiger partial charge on any atom is -0.495 e. The number of hydrogen-bond acceptors (Lipinski definition) is 7. The summed E-state index contributed by atoms with van der Waals surface area (Å²) in [5.74, 6) is 0.285. The van der Waals surface area contributed by atoms with Crippen LogP contribution in [0.1, 0.15) is 10.4 Å². The van der Waals surface area contributed by atoms with E-state index in [4.69, 9.17) is 18.9 Å². The van der Waals surface area contributed by atoms with E-state index in [9.17, 15) is 13.2 Å². The number of sulfonamides is 1. The van der Waals surface area contributed by atoms with Gasteiger partial charge in [0.2, 0.25) is 10.0 Å². The predicted octanol–water partition coefficient (Wildman–Crippen LogP) is 1.99. The average Bonchev–Trinajstić information content (AvgIpc) is 2.80. The topological polar surface area (TPSA) is 103 Å². The molecule has 0 aliphatic carbocycles. The number of ether oxygens (including phenoxy) is 4. The van der Waals surface area contributed by atoms with Crippen LogP contribution in [0.15, 0.2) is 47.4 Å². The molecule has 9 nitrogen and oxygen atoms in total. The zero-order chi connectivity index (χ0) is 22.3. The predicted molar refractivity (Wildman–Crippen MR) is 114 cm³/mol. The number of carbonyl (C=O) groups excluding carboxylic acids is 1. The molecule has 168 valence electrons.